The molecule has 2 aliphatic carbocycles. The highest BCUT2D eigenvalue weighted by atomic mass is 15.2. The van der Waals surface area contributed by atoms with Crippen molar-refractivity contribution >= 4 is 44.9 Å². The van der Waals surface area contributed by atoms with Gasteiger partial charge >= 0.3 is 0 Å². The van der Waals surface area contributed by atoms with E-state index in [0.717, 1.165) is 39.7 Å². The van der Waals surface area contributed by atoms with E-state index in [9.17, 15) is 0 Å². The summed E-state index contributed by atoms with van der Waals surface area (Å²) in [5, 5.41) is 2.46. The zero-order chi connectivity index (χ0) is 44.3. The number of anilines is 6. The lowest BCUT2D eigenvalue weighted by atomic mass is 9.70. The Morgan fingerprint density at radius 2 is 0.701 bits per heavy atom. The first-order chi connectivity index (χ1) is 33.2. The Morgan fingerprint density at radius 1 is 0.239 bits per heavy atom. The average molecular weight is 853 g/mol. The number of fused-ring (bicyclic) bond motifs is 11. The third-order valence-electron chi connectivity index (χ3n) is 14.0. The quantitative estimate of drug-likeness (QED) is 0.150. The molecule has 2 heteroatoms. The molecular weight excluding hydrogens is 809 g/mol. The van der Waals surface area contributed by atoms with E-state index in [4.69, 9.17) is 0 Å². The van der Waals surface area contributed by atoms with Gasteiger partial charge in [-0.3, -0.25) is 0 Å². The largest absolute Gasteiger partial charge is 0.310 e. The van der Waals surface area contributed by atoms with E-state index >= 15 is 0 Å². The molecule has 0 aliphatic heterocycles. The number of benzene rings is 11. The Kier molecular flexibility index (Phi) is 9.11. The fourth-order valence-corrected chi connectivity index (χ4v) is 11.1. The van der Waals surface area contributed by atoms with Gasteiger partial charge < -0.3 is 9.80 Å². The van der Waals surface area contributed by atoms with Crippen LogP contribution in [0.5, 0.6) is 0 Å². The van der Waals surface area contributed by atoms with Crippen LogP contribution in [0.1, 0.15) is 22.3 Å². The van der Waals surface area contributed by atoms with E-state index < -0.39 is 5.41 Å². The molecule has 2 nitrogen and oxygen atoms in total. The fourth-order valence-electron chi connectivity index (χ4n) is 11.1. The maximum absolute atomic E-state index is 2.52. The summed E-state index contributed by atoms with van der Waals surface area (Å²) in [5.74, 6) is 0. The molecule has 0 bridgehead atoms. The summed E-state index contributed by atoms with van der Waals surface area (Å²) in [5.41, 5.74) is 20.9. The molecule has 0 radical (unpaired) electrons. The van der Waals surface area contributed by atoms with Crippen LogP contribution >= 0.6 is 0 Å². The van der Waals surface area contributed by atoms with E-state index in [1.807, 2.05) is 0 Å². The van der Waals surface area contributed by atoms with Gasteiger partial charge in [0.05, 0.1) is 11.1 Å². The summed E-state index contributed by atoms with van der Waals surface area (Å²) in [6.07, 6.45) is 0. The summed E-state index contributed by atoms with van der Waals surface area (Å²) in [7, 11) is 0. The monoisotopic (exact) mass is 852 g/mol. The van der Waals surface area contributed by atoms with Crippen molar-refractivity contribution in [1.29, 1.82) is 0 Å². The zero-order valence-corrected chi connectivity index (χ0v) is 36.8. The molecule has 0 amide bonds. The highest BCUT2D eigenvalue weighted by Gasteiger charge is 2.53. The highest BCUT2D eigenvalue weighted by Crippen LogP contribution is 2.66. The minimum Gasteiger partial charge on any atom is -0.310 e. The molecule has 0 atom stereocenters. The predicted molar refractivity (Wildman–Crippen MR) is 280 cm³/mol. The van der Waals surface area contributed by atoms with Crippen LogP contribution in [-0.2, 0) is 5.41 Å². The molecule has 0 heterocycles. The van der Waals surface area contributed by atoms with Crippen LogP contribution in [0.15, 0.2) is 267 Å². The molecule has 11 aromatic rings. The first-order valence-electron chi connectivity index (χ1n) is 23.2. The molecule has 0 fully saturated rings. The van der Waals surface area contributed by atoms with Crippen LogP contribution in [0, 0.1) is 0 Å². The van der Waals surface area contributed by atoms with Gasteiger partial charge in [-0.1, -0.05) is 194 Å². The molecule has 0 N–H and O–H groups in total. The second-order valence-corrected chi connectivity index (χ2v) is 17.6. The SMILES string of the molecule is c1ccc(-c2ccc(N(c3ccccc3)c3cc(N(c4ccccc4)c4cccc(-c5ccccc5)c4)c4c(c3)C3(c5ccccc5-c5ccccc53)c3cc5ccccc5cc3-4)cc2)cc1. The van der Waals surface area contributed by atoms with E-state index in [-0.39, 0.29) is 0 Å². The second kappa shape index (κ2) is 15.8. The molecule has 0 unspecified atom stereocenters. The molecule has 0 saturated heterocycles. The fraction of sp³-hybridized carbons (Fsp3) is 0.0154. The minimum atomic E-state index is -0.611. The Morgan fingerprint density at radius 3 is 1.33 bits per heavy atom. The predicted octanol–water partition coefficient (Wildman–Crippen LogP) is 17.5. The third-order valence-corrected chi connectivity index (χ3v) is 14.0. The van der Waals surface area contributed by atoms with Gasteiger partial charge in [0.2, 0.25) is 0 Å². The summed E-state index contributed by atoms with van der Waals surface area (Å²) < 4.78 is 0. The van der Waals surface area contributed by atoms with Crippen molar-refractivity contribution in [3.05, 3.63) is 289 Å². The van der Waals surface area contributed by atoms with Crippen LogP contribution < -0.4 is 9.80 Å². The number of nitrogens with zero attached hydrogens (tertiary/aromatic N) is 2. The first-order valence-corrected chi connectivity index (χ1v) is 23.2. The Balaban J connectivity index is 1.17. The van der Waals surface area contributed by atoms with Crippen molar-refractivity contribution in [2.75, 3.05) is 9.80 Å². The Hall–Kier alpha value is -8.72. The van der Waals surface area contributed by atoms with Crippen molar-refractivity contribution in [3.8, 4) is 44.5 Å². The topological polar surface area (TPSA) is 6.48 Å². The Labute approximate surface area is 391 Å². The van der Waals surface area contributed by atoms with E-state index in [0.29, 0.717) is 0 Å². The Bertz CT molecular complexity index is 3570. The molecule has 11 aromatic carbocycles. The molecule has 13 rings (SSSR count). The highest BCUT2D eigenvalue weighted by molar-refractivity contribution is 6.06. The molecule has 1 spiro atoms. The number of hydrogen-bond donors (Lipinski definition) is 0. The van der Waals surface area contributed by atoms with Gasteiger partial charge in [0.25, 0.3) is 0 Å². The van der Waals surface area contributed by atoms with Crippen LogP contribution in [0.2, 0.25) is 0 Å². The van der Waals surface area contributed by atoms with E-state index in [2.05, 4.69) is 277 Å². The molecule has 0 aromatic heterocycles. The molecule has 67 heavy (non-hydrogen) atoms. The van der Waals surface area contributed by atoms with Crippen molar-refractivity contribution in [2.45, 2.75) is 5.41 Å². The first kappa shape index (κ1) is 38.7. The van der Waals surface area contributed by atoms with Crippen LogP contribution in [-0.4, -0.2) is 0 Å². The van der Waals surface area contributed by atoms with Crippen LogP contribution in [0.25, 0.3) is 55.3 Å². The summed E-state index contributed by atoms with van der Waals surface area (Å²) >= 11 is 0. The molecule has 314 valence electrons. The third kappa shape index (κ3) is 6.18. The lowest BCUT2D eigenvalue weighted by molar-refractivity contribution is 0.795. The smallest absolute Gasteiger partial charge is 0.0727 e. The second-order valence-electron chi connectivity index (χ2n) is 17.6. The summed E-state index contributed by atoms with van der Waals surface area (Å²) in [6, 6.07) is 98.3. The van der Waals surface area contributed by atoms with Crippen molar-refractivity contribution in [3.63, 3.8) is 0 Å². The van der Waals surface area contributed by atoms with E-state index in [1.165, 1.54) is 72.0 Å². The lowest BCUT2D eigenvalue weighted by Gasteiger charge is -2.34. The van der Waals surface area contributed by atoms with Gasteiger partial charge in [-0.2, -0.15) is 0 Å². The van der Waals surface area contributed by atoms with Crippen molar-refractivity contribution in [1.82, 2.24) is 0 Å². The summed E-state index contributed by atoms with van der Waals surface area (Å²) in [6.45, 7) is 0. The molecule has 2 aliphatic rings. The van der Waals surface area contributed by atoms with E-state index in [1.54, 1.807) is 0 Å². The van der Waals surface area contributed by atoms with Gasteiger partial charge in [0.15, 0.2) is 0 Å². The van der Waals surface area contributed by atoms with Gasteiger partial charge in [0, 0.05) is 34.0 Å². The standard InChI is InChI=1S/C65H44N2/c1-5-20-45(21-6-1)47-36-38-53(39-37-47)66(51-27-9-3-10-28-51)55-43-62-64(63(44-55)67(52-29-11-4-12-30-52)54-31-19-26-48(40-54)46-22-7-2-8-23-46)58-41-49-24-13-14-25-50(49)42-61(58)65(62)59-34-17-15-32-56(59)57-33-16-18-35-60(57)65/h1-44H. The van der Waals surface area contributed by atoms with Crippen molar-refractivity contribution < 1.29 is 0 Å². The van der Waals surface area contributed by atoms with Crippen LogP contribution in [0.3, 0.4) is 0 Å². The number of para-hydroxylation sites is 2. The molecular formula is C65H44N2. The number of rotatable bonds is 8. The van der Waals surface area contributed by atoms with Gasteiger partial charge in [0.1, 0.15) is 0 Å². The normalized spacial score (nSPS) is 12.6. The van der Waals surface area contributed by atoms with Crippen molar-refractivity contribution in [2.24, 2.45) is 0 Å². The minimum absolute atomic E-state index is 0.611. The van der Waals surface area contributed by atoms with Crippen LogP contribution in [0.4, 0.5) is 34.1 Å². The summed E-state index contributed by atoms with van der Waals surface area (Å²) in [4.78, 5) is 4.95. The van der Waals surface area contributed by atoms with Gasteiger partial charge in [-0.05, 0) is 145 Å². The maximum Gasteiger partial charge on any atom is 0.0727 e. The van der Waals surface area contributed by atoms with Gasteiger partial charge in [-0.25, -0.2) is 0 Å². The zero-order valence-electron chi connectivity index (χ0n) is 36.8. The molecule has 0 saturated carbocycles. The average Bonchev–Trinajstić information content (AvgIpc) is 3.86. The number of hydrogen-bond acceptors (Lipinski definition) is 2. The van der Waals surface area contributed by atoms with Gasteiger partial charge in [-0.15, -0.1) is 0 Å². The maximum atomic E-state index is 2.52. The lowest BCUT2D eigenvalue weighted by Crippen LogP contribution is -2.26.